The molecular formula is C23H30N2O4S. The fourth-order valence-electron chi connectivity index (χ4n) is 3.81. The molecular weight excluding hydrogens is 400 g/mol. The molecule has 6 nitrogen and oxygen atoms in total. The van der Waals surface area contributed by atoms with Gasteiger partial charge in [0.2, 0.25) is 5.91 Å². The van der Waals surface area contributed by atoms with Crippen LogP contribution in [-0.4, -0.2) is 39.1 Å². The van der Waals surface area contributed by atoms with E-state index in [0.29, 0.717) is 17.7 Å². The lowest BCUT2D eigenvalue weighted by Crippen LogP contribution is -2.40. The fraction of sp³-hybridized carbons (Fsp3) is 0.435. The Morgan fingerprint density at radius 3 is 2.60 bits per heavy atom. The summed E-state index contributed by atoms with van der Waals surface area (Å²) in [6.45, 7) is 3.98. The third-order valence-corrected chi connectivity index (χ3v) is 6.74. The smallest absolute Gasteiger partial charge is 0.223 e. The Morgan fingerprint density at radius 1 is 1.20 bits per heavy atom. The van der Waals surface area contributed by atoms with Crippen LogP contribution < -0.4 is 10.0 Å². The van der Waals surface area contributed by atoms with Crippen LogP contribution >= 0.6 is 0 Å². The number of benzene rings is 2. The number of nitrogens with one attached hydrogen (secondary N) is 2. The van der Waals surface area contributed by atoms with Gasteiger partial charge < -0.3 is 15.5 Å². The van der Waals surface area contributed by atoms with Crippen LogP contribution in [0.4, 0.5) is 0 Å². The van der Waals surface area contributed by atoms with Gasteiger partial charge in [0.15, 0.2) is 0 Å². The van der Waals surface area contributed by atoms with Gasteiger partial charge in [-0.15, -0.1) is 0 Å². The summed E-state index contributed by atoms with van der Waals surface area (Å²) in [5.74, 6) is -0.577. The van der Waals surface area contributed by atoms with E-state index in [1.165, 1.54) is 0 Å². The summed E-state index contributed by atoms with van der Waals surface area (Å²) in [5, 5.41) is 23.7. The highest BCUT2D eigenvalue weighted by molar-refractivity contribution is 7.83. The van der Waals surface area contributed by atoms with Crippen LogP contribution in [0.2, 0.25) is 0 Å². The summed E-state index contributed by atoms with van der Waals surface area (Å²) in [6.07, 6.45) is -0.113. The molecule has 7 heteroatoms. The Labute approximate surface area is 180 Å². The van der Waals surface area contributed by atoms with E-state index in [0.717, 1.165) is 16.7 Å². The average Bonchev–Trinajstić information content (AvgIpc) is 3.05. The normalized spacial score (nSPS) is 20.9. The Kier molecular flexibility index (Phi) is 7.77. The number of rotatable bonds is 9. The second-order valence-electron chi connectivity index (χ2n) is 7.88. The van der Waals surface area contributed by atoms with Gasteiger partial charge in [0.1, 0.15) is 11.0 Å². The summed E-state index contributed by atoms with van der Waals surface area (Å²) in [5.41, 5.74) is 3.08. The molecule has 0 fully saturated rings. The molecule has 0 aliphatic heterocycles. The molecule has 162 valence electrons. The molecule has 1 aliphatic carbocycles. The summed E-state index contributed by atoms with van der Waals surface area (Å²) < 4.78 is 15.1. The van der Waals surface area contributed by atoms with Gasteiger partial charge >= 0.3 is 0 Å². The van der Waals surface area contributed by atoms with Crippen molar-refractivity contribution in [2.24, 2.45) is 5.92 Å². The first kappa shape index (κ1) is 22.6. The lowest BCUT2D eigenvalue weighted by atomic mass is 9.96. The maximum atomic E-state index is 12.8. The first-order chi connectivity index (χ1) is 14.4. The number of aryl methyl sites for hydroxylation is 1. The lowest BCUT2D eigenvalue weighted by Gasteiger charge is -2.23. The maximum absolute atomic E-state index is 12.8. The minimum absolute atomic E-state index is 0.124. The molecule has 30 heavy (non-hydrogen) atoms. The SMILES string of the molecule is CCC(CC(O)CNS(=O)c1ccc(C)cc1)C(=O)NC1c2ccccc2CC1O. The Hall–Kier alpha value is -2.06. The van der Waals surface area contributed by atoms with Crippen molar-refractivity contribution >= 4 is 16.9 Å². The van der Waals surface area contributed by atoms with Crippen molar-refractivity contribution in [2.45, 2.75) is 56.3 Å². The summed E-state index contributed by atoms with van der Waals surface area (Å²) in [4.78, 5) is 13.4. The number of hydrogen-bond donors (Lipinski definition) is 4. The second-order valence-corrected chi connectivity index (χ2v) is 9.18. The minimum Gasteiger partial charge on any atom is -0.392 e. The lowest BCUT2D eigenvalue weighted by molar-refractivity contribution is -0.127. The van der Waals surface area contributed by atoms with Crippen LogP contribution in [-0.2, 0) is 22.2 Å². The number of fused-ring (bicyclic) bond motifs is 1. The Balaban J connectivity index is 1.52. The number of carbonyl (C=O) groups is 1. The number of hydrogen-bond acceptors (Lipinski definition) is 4. The van der Waals surface area contributed by atoms with Crippen molar-refractivity contribution in [2.75, 3.05) is 6.54 Å². The molecule has 4 N–H and O–H groups in total. The van der Waals surface area contributed by atoms with E-state index in [9.17, 15) is 19.2 Å². The molecule has 5 atom stereocenters. The summed E-state index contributed by atoms with van der Waals surface area (Å²) in [6, 6.07) is 14.6. The van der Waals surface area contributed by atoms with Gasteiger partial charge in [0.25, 0.3) is 0 Å². The predicted octanol–water partition coefficient (Wildman–Crippen LogP) is 2.16. The summed E-state index contributed by atoms with van der Waals surface area (Å²) >= 11 is 0. The van der Waals surface area contributed by atoms with Crippen LogP contribution in [0.25, 0.3) is 0 Å². The molecule has 0 aromatic heterocycles. The van der Waals surface area contributed by atoms with Crippen molar-refractivity contribution in [1.29, 1.82) is 0 Å². The number of amides is 1. The topological polar surface area (TPSA) is 98.7 Å². The van der Waals surface area contributed by atoms with Crippen molar-refractivity contribution in [3.63, 3.8) is 0 Å². The minimum atomic E-state index is -1.42. The van der Waals surface area contributed by atoms with E-state index >= 15 is 0 Å². The second kappa shape index (κ2) is 10.3. The largest absolute Gasteiger partial charge is 0.392 e. The molecule has 0 spiro atoms. The molecule has 5 unspecified atom stereocenters. The van der Waals surface area contributed by atoms with E-state index in [2.05, 4.69) is 10.0 Å². The quantitative estimate of drug-likeness (QED) is 0.490. The van der Waals surface area contributed by atoms with Crippen LogP contribution in [0.1, 0.15) is 42.5 Å². The van der Waals surface area contributed by atoms with E-state index in [4.69, 9.17) is 0 Å². The first-order valence-electron chi connectivity index (χ1n) is 10.3. The third kappa shape index (κ3) is 5.55. The zero-order valence-corrected chi connectivity index (χ0v) is 18.2. The van der Waals surface area contributed by atoms with Gasteiger partial charge in [-0.1, -0.05) is 48.9 Å². The van der Waals surface area contributed by atoms with Crippen molar-refractivity contribution in [3.05, 3.63) is 65.2 Å². The van der Waals surface area contributed by atoms with Crippen LogP contribution in [0.15, 0.2) is 53.4 Å². The van der Waals surface area contributed by atoms with E-state index in [-0.39, 0.29) is 18.9 Å². The zero-order chi connectivity index (χ0) is 21.7. The third-order valence-electron chi connectivity index (χ3n) is 5.61. The van der Waals surface area contributed by atoms with Gasteiger partial charge in [0, 0.05) is 18.9 Å². The van der Waals surface area contributed by atoms with Gasteiger partial charge in [-0.3, -0.25) is 4.79 Å². The first-order valence-corrected chi connectivity index (χ1v) is 11.5. The number of aliphatic hydroxyl groups is 2. The van der Waals surface area contributed by atoms with E-state index in [1.807, 2.05) is 50.2 Å². The molecule has 2 aromatic rings. The summed E-state index contributed by atoms with van der Waals surface area (Å²) in [7, 11) is -1.42. The molecule has 0 bridgehead atoms. The maximum Gasteiger partial charge on any atom is 0.223 e. The average molecular weight is 431 g/mol. The molecule has 3 rings (SSSR count). The Bertz CT molecular complexity index is 887. The Morgan fingerprint density at radius 2 is 1.90 bits per heavy atom. The molecule has 2 aromatic carbocycles. The highest BCUT2D eigenvalue weighted by Crippen LogP contribution is 2.31. The van der Waals surface area contributed by atoms with Crippen molar-refractivity contribution in [3.8, 4) is 0 Å². The van der Waals surface area contributed by atoms with Crippen LogP contribution in [0.5, 0.6) is 0 Å². The molecule has 1 amide bonds. The molecule has 0 radical (unpaired) electrons. The van der Waals surface area contributed by atoms with E-state index in [1.54, 1.807) is 12.1 Å². The number of carbonyl (C=O) groups excluding carboxylic acids is 1. The van der Waals surface area contributed by atoms with Gasteiger partial charge in [0.05, 0.1) is 23.1 Å². The molecule has 1 aliphatic rings. The van der Waals surface area contributed by atoms with Gasteiger partial charge in [-0.2, -0.15) is 0 Å². The highest BCUT2D eigenvalue weighted by Gasteiger charge is 2.33. The van der Waals surface area contributed by atoms with Crippen molar-refractivity contribution in [1.82, 2.24) is 10.0 Å². The molecule has 0 heterocycles. The monoisotopic (exact) mass is 430 g/mol. The zero-order valence-electron chi connectivity index (χ0n) is 17.4. The predicted molar refractivity (Wildman–Crippen MR) is 117 cm³/mol. The molecule has 0 saturated heterocycles. The van der Waals surface area contributed by atoms with Gasteiger partial charge in [-0.25, -0.2) is 8.93 Å². The van der Waals surface area contributed by atoms with Crippen LogP contribution in [0.3, 0.4) is 0 Å². The standard InChI is InChI=1S/C23H30N2O4S/c1-3-16(12-18(26)14-24-30(29)19-10-8-15(2)9-11-19)23(28)25-22-20-7-5-4-6-17(20)13-21(22)27/h4-11,16,18,21-22,24,26-27H,3,12-14H2,1-2H3,(H,25,28). The number of aliphatic hydroxyl groups excluding tert-OH is 2. The van der Waals surface area contributed by atoms with Crippen LogP contribution in [0, 0.1) is 12.8 Å². The van der Waals surface area contributed by atoms with Gasteiger partial charge in [-0.05, 0) is 43.0 Å². The fourth-order valence-corrected chi connectivity index (χ4v) is 4.70. The molecule has 0 saturated carbocycles. The van der Waals surface area contributed by atoms with Crippen molar-refractivity contribution < 1.29 is 19.2 Å². The van der Waals surface area contributed by atoms with E-state index < -0.39 is 35.2 Å². The highest BCUT2D eigenvalue weighted by atomic mass is 32.2.